The molecular formula is C10H24NP. The molecule has 1 aliphatic rings. The maximum absolute atomic E-state index is 3.68. The Kier molecular flexibility index (Phi) is 3.55. The van der Waals surface area contributed by atoms with E-state index in [1.54, 1.807) is 0 Å². The van der Waals surface area contributed by atoms with E-state index >= 15 is 0 Å². The van der Waals surface area contributed by atoms with Crippen molar-refractivity contribution in [2.75, 3.05) is 13.7 Å². The zero-order valence-electron chi connectivity index (χ0n) is 8.98. The van der Waals surface area contributed by atoms with Gasteiger partial charge in [-0.1, -0.05) is 0 Å². The number of nitrogens with one attached hydrogen (secondary N) is 1. The van der Waals surface area contributed by atoms with Gasteiger partial charge in [0.1, 0.15) is 0 Å². The molecule has 1 aliphatic heterocycles. The van der Waals surface area contributed by atoms with Crippen LogP contribution in [0.3, 0.4) is 0 Å². The van der Waals surface area contributed by atoms with Crippen molar-refractivity contribution in [2.45, 2.75) is 50.8 Å². The summed E-state index contributed by atoms with van der Waals surface area (Å²) in [5, 5.41) is 3.68. The normalized spacial score (nSPS) is 36.7. The van der Waals surface area contributed by atoms with Gasteiger partial charge in [-0.05, 0) is 0 Å². The summed E-state index contributed by atoms with van der Waals surface area (Å²) < 4.78 is 0. The van der Waals surface area contributed by atoms with Crippen LogP contribution in [0.5, 0.6) is 0 Å². The molecule has 0 unspecified atom stereocenters. The second-order valence-corrected chi connectivity index (χ2v) is 9.02. The van der Waals surface area contributed by atoms with E-state index < -0.39 is 7.41 Å². The summed E-state index contributed by atoms with van der Waals surface area (Å²) in [4.78, 5) is 0. The molecule has 1 N–H and O–H groups in total. The average molecular weight is 189 g/mol. The summed E-state index contributed by atoms with van der Waals surface area (Å²) in [5.41, 5.74) is 2.07. The molecule has 0 aromatic rings. The van der Waals surface area contributed by atoms with Gasteiger partial charge < -0.3 is 0 Å². The van der Waals surface area contributed by atoms with Crippen molar-refractivity contribution < 1.29 is 0 Å². The van der Waals surface area contributed by atoms with Crippen molar-refractivity contribution >= 4 is 7.41 Å². The Bertz CT molecular complexity index is 135. The van der Waals surface area contributed by atoms with E-state index in [1.165, 1.54) is 25.7 Å². The first-order valence-corrected chi connectivity index (χ1v) is 8.03. The van der Waals surface area contributed by atoms with Crippen LogP contribution in [0, 0.1) is 0 Å². The van der Waals surface area contributed by atoms with Gasteiger partial charge >= 0.3 is 77.1 Å². The quantitative estimate of drug-likeness (QED) is 0.673. The predicted molar refractivity (Wildman–Crippen MR) is 60.7 cm³/mol. The van der Waals surface area contributed by atoms with E-state index in [2.05, 4.69) is 32.6 Å². The molecule has 0 spiro atoms. The molecule has 2 heteroatoms. The van der Waals surface area contributed by atoms with Crippen molar-refractivity contribution in [3.63, 3.8) is 0 Å². The van der Waals surface area contributed by atoms with E-state index in [1.807, 2.05) is 0 Å². The van der Waals surface area contributed by atoms with E-state index in [0.717, 1.165) is 11.3 Å². The van der Waals surface area contributed by atoms with Gasteiger partial charge in [0.05, 0.1) is 0 Å². The van der Waals surface area contributed by atoms with Crippen molar-refractivity contribution in [1.82, 2.24) is 5.09 Å². The Hall–Kier alpha value is 0.390. The summed E-state index contributed by atoms with van der Waals surface area (Å²) in [6.45, 7) is 7.25. The maximum atomic E-state index is 3.68. The van der Waals surface area contributed by atoms with Gasteiger partial charge in [-0.15, -0.1) is 0 Å². The van der Waals surface area contributed by atoms with Gasteiger partial charge in [-0.3, -0.25) is 0 Å². The molecule has 0 aromatic carbocycles. The summed E-state index contributed by atoms with van der Waals surface area (Å²) in [5.74, 6) is 0. The molecule has 12 heavy (non-hydrogen) atoms. The fourth-order valence-electron chi connectivity index (χ4n) is 3.00. The Labute approximate surface area is 77.7 Å². The minimum atomic E-state index is -1.07. The first-order valence-electron chi connectivity index (χ1n) is 5.37. The molecule has 1 nitrogen and oxygen atoms in total. The van der Waals surface area contributed by atoms with Crippen LogP contribution in [0.4, 0.5) is 0 Å². The molecule has 0 saturated carbocycles. The zero-order valence-corrected chi connectivity index (χ0v) is 9.98. The van der Waals surface area contributed by atoms with Crippen molar-refractivity contribution in [1.29, 1.82) is 0 Å². The average Bonchev–Trinajstić information content (AvgIpc) is 2.42. The van der Waals surface area contributed by atoms with Gasteiger partial charge in [0.15, 0.2) is 0 Å². The van der Waals surface area contributed by atoms with E-state index in [4.69, 9.17) is 0 Å². The van der Waals surface area contributed by atoms with Crippen LogP contribution in [0.2, 0.25) is 0 Å². The number of hydrogen-bond donors (Lipinski definition) is 1. The predicted octanol–water partition coefficient (Wildman–Crippen LogP) is 2.85. The van der Waals surface area contributed by atoms with Crippen LogP contribution in [0.25, 0.3) is 0 Å². The monoisotopic (exact) mass is 189 g/mol. The molecule has 0 bridgehead atoms. The number of hydrogen-bond acceptors (Lipinski definition) is 1. The summed E-state index contributed by atoms with van der Waals surface area (Å²) in [6, 6.07) is 0. The third-order valence-electron chi connectivity index (χ3n) is 4.08. The van der Waals surface area contributed by atoms with Crippen molar-refractivity contribution in [3.05, 3.63) is 0 Å². The SMILES string of the molecule is CC[C@@H]1CC[C@@H](CC)[PH]1(C)NC. The molecule has 1 fully saturated rings. The first kappa shape index (κ1) is 10.5. The van der Waals surface area contributed by atoms with Crippen LogP contribution in [-0.4, -0.2) is 25.0 Å². The second-order valence-electron chi connectivity index (χ2n) is 4.32. The van der Waals surface area contributed by atoms with Crippen LogP contribution in [0.15, 0.2) is 0 Å². The molecule has 0 aromatic heterocycles. The molecule has 1 heterocycles. The van der Waals surface area contributed by atoms with Gasteiger partial charge in [-0.2, -0.15) is 0 Å². The van der Waals surface area contributed by atoms with Gasteiger partial charge in [0, 0.05) is 0 Å². The first-order chi connectivity index (χ1) is 5.69. The minimum absolute atomic E-state index is 1.03. The van der Waals surface area contributed by atoms with Crippen LogP contribution in [0.1, 0.15) is 39.5 Å². The zero-order chi connectivity index (χ0) is 9.19. The molecule has 2 atom stereocenters. The molecule has 0 aliphatic carbocycles. The Morgan fingerprint density at radius 1 is 1.17 bits per heavy atom. The molecular weight excluding hydrogens is 165 g/mol. The van der Waals surface area contributed by atoms with Gasteiger partial charge in [0.2, 0.25) is 0 Å². The molecule has 74 valence electrons. The van der Waals surface area contributed by atoms with E-state index in [0.29, 0.717) is 0 Å². The topological polar surface area (TPSA) is 12.0 Å². The Morgan fingerprint density at radius 3 is 1.83 bits per heavy atom. The standard InChI is InChI=1S/C10H24NP/c1-5-9-7-8-10(6-2)12(9,4)11-3/h9-12H,5-8H2,1-4H3/t9-,10-/m1/s1. The van der Waals surface area contributed by atoms with Crippen LogP contribution >= 0.6 is 7.41 Å². The Balaban J connectivity index is 2.72. The fourth-order valence-corrected chi connectivity index (χ4v) is 7.71. The van der Waals surface area contributed by atoms with E-state index in [-0.39, 0.29) is 0 Å². The third kappa shape index (κ3) is 1.54. The van der Waals surface area contributed by atoms with Gasteiger partial charge in [-0.25, -0.2) is 0 Å². The summed E-state index contributed by atoms with van der Waals surface area (Å²) in [7, 11) is 1.11. The molecule has 1 saturated heterocycles. The van der Waals surface area contributed by atoms with Gasteiger partial charge in [0.25, 0.3) is 0 Å². The Morgan fingerprint density at radius 2 is 1.58 bits per heavy atom. The molecule has 0 radical (unpaired) electrons. The fraction of sp³-hybridized carbons (Fsp3) is 1.00. The van der Waals surface area contributed by atoms with Crippen LogP contribution in [-0.2, 0) is 0 Å². The summed E-state index contributed by atoms with van der Waals surface area (Å²) >= 11 is 0. The van der Waals surface area contributed by atoms with E-state index in [9.17, 15) is 0 Å². The molecule has 0 amide bonds. The number of rotatable bonds is 3. The third-order valence-corrected chi connectivity index (χ3v) is 9.95. The van der Waals surface area contributed by atoms with Crippen molar-refractivity contribution in [2.24, 2.45) is 0 Å². The molecule has 1 rings (SSSR count). The second kappa shape index (κ2) is 4.07. The summed E-state index contributed by atoms with van der Waals surface area (Å²) in [6.07, 6.45) is 5.75. The van der Waals surface area contributed by atoms with Crippen LogP contribution < -0.4 is 5.09 Å². The van der Waals surface area contributed by atoms with Crippen molar-refractivity contribution in [3.8, 4) is 0 Å².